The van der Waals surface area contributed by atoms with Crippen LogP contribution in [0.3, 0.4) is 0 Å². The summed E-state index contributed by atoms with van der Waals surface area (Å²) in [6, 6.07) is 8.21. The highest BCUT2D eigenvalue weighted by molar-refractivity contribution is 8.02. The highest BCUT2D eigenvalue weighted by Gasteiger charge is 2.08. The SMILES string of the molecule is C=C(CCCc1ccc(OC)cc1)/C(CN)=C(\N=C/C)SC. The summed E-state index contributed by atoms with van der Waals surface area (Å²) >= 11 is 1.62. The third kappa shape index (κ3) is 5.70. The highest BCUT2D eigenvalue weighted by Crippen LogP contribution is 2.25. The largest absolute Gasteiger partial charge is 0.497 e. The Morgan fingerprint density at radius 2 is 2.05 bits per heavy atom. The zero-order valence-corrected chi connectivity index (χ0v) is 14.6. The Labute approximate surface area is 138 Å². The molecular formula is C18H26N2OS. The topological polar surface area (TPSA) is 47.6 Å². The number of nitrogens with two attached hydrogens (primary N) is 1. The second kappa shape index (κ2) is 10.2. The van der Waals surface area contributed by atoms with E-state index in [1.54, 1.807) is 25.1 Å². The minimum Gasteiger partial charge on any atom is -0.497 e. The molecule has 22 heavy (non-hydrogen) atoms. The molecule has 0 aliphatic carbocycles. The van der Waals surface area contributed by atoms with Gasteiger partial charge < -0.3 is 10.5 Å². The third-order valence-electron chi connectivity index (χ3n) is 3.43. The Morgan fingerprint density at radius 3 is 2.55 bits per heavy atom. The number of aryl methyl sites for hydroxylation is 1. The summed E-state index contributed by atoms with van der Waals surface area (Å²) in [5.74, 6) is 0.892. The van der Waals surface area contributed by atoms with E-state index in [1.807, 2.05) is 25.3 Å². The Kier molecular flexibility index (Phi) is 8.63. The number of benzene rings is 1. The zero-order valence-electron chi connectivity index (χ0n) is 13.8. The van der Waals surface area contributed by atoms with Crippen LogP contribution in [0.1, 0.15) is 25.3 Å². The van der Waals surface area contributed by atoms with Crippen LogP contribution in [0.25, 0.3) is 0 Å². The molecule has 0 amide bonds. The van der Waals surface area contributed by atoms with Gasteiger partial charge in [-0.1, -0.05) is 18.7 Å². The quantitative estimate of drug-likeness (QED) is 0.548. The standard InChI is InChI=1S/C18H26N2OS/c1-5-20-18(22-4)17(13-19)14(2)7-6-8-15-9-11-16(21-3)12-10-15/h5,9-12H,2,6-8,13,19H2,1,3-4H3/b18-17+,20-5-. The van der Waals surface area contributed by atoms with E-state index < -0.39 is 0 Å². The van der Waals surface area contributed by atoms with E-state index in [9.17, 15) is 0 Å². The Bertz CT molecular complexity index is 533. The molecule has 0 radical (unpaired) electrons. The summed E-state index contributed by atoms with van der Waals surface area (Å²) in [4.78, 5) is 4.38. The van der Waals surface area contributed by atoms with Crippen molar-refractivity contribution in [1.29, 1.82) is 0 Å². The molecular weight excluding hydrogens is 292 g/mol. The van der Waals surface area contributed by atoms with Crippen molar-refractivity contribution in [2.45, 2.75) is 26.2 Å². The maximum atomic E-state index is 5.88. The van der Waals surface area contributed by atoms with E-state index in [-0.39, 0.29) is 0 Å². The predicted octanol–water partition coefficient (Wildman–Crippen LogP) is 4.20. The van der Waals surface area contributed by atoms with Gasteiger partial charge in [0.05, 0.1) is 7.11 Å². The number of thioether (sulfide) groups is 1. The normalized spacial score (nSPS) is 12.4. The van der Waals surface area contributed by atoms with Gasteiger partial charge in [0.15, 0.2) is 0 Å². The van der Waals surface area contributed by atoms with Crippen LogP contribution in [0, 0.1) is 0 Å². The predicted molar refractivity (Wildman–Crippen MR) is 98.8 cm³/mol. The first-order chi connectivity index (χ1) is 10.7. The Hall–Kier alpha value is -1.52. The molecule has 0 fully saturated rings. The molecule has 3 nitrogen and oxygen atoms in total. The van der Waals surface area contributed by atoms with Crippen molar-refractivity contribution in [3.8, 4) is 5.75 Å². The van der Waals surface area contributed by atoms with Crippen LogP contribution < -0.4 is 10.5 Å². The molecule has 1 aromatic rings. The summed E-state index contributed by atoms with van der Waals surface area (Å²) < 4.78 is 5.17. The molecule has 1 aromatic carbocycles. The maximum absolute atomic E-state index is 5.88. The van der Waals surface area contributed by atoms with Gasteiger partial charge >= 0.3 is 0 Å². The molecule has 0 saturated heterocycles. The van der Waals surface area contributed by atoms with Crippen LogP contribution in [0.15, 0.2) is 52.0 Å². The van der Waals surface area contributed by atoms with E-state index in [4.69, 9.17) is 10.5 Å². The maximum Gasteiger partial charge on any atom is 0.118 e. The molecule has 0 spiro atoms. The average Bonchev–Trinajstić information content (AvgIpc) is 2.55. The average molecular weight is 318 g/mol. The fourth-order valence-electron chi connectivity index (χ4n) is 2.20. The van der Waals surface area contributed by atoms with Gasteiger partial charge in [0, 0.05) is 18.3 Å². The van der Waals surface area contributed by atoms with Crippen molar-refractivity contribution < 1.29 is 4.74 Å². The molecule has 0 bridgehead atoms. The summed E-state index contributed by atoms with van der Waals surface area (Å²) in [6.45, 7) is 6.58. The summed E-state index contributed by atoms with van der Waals surface area (Å²) in [7, 11) is 1.68. The van der Waals surface area contributed by atoms with Crippen LogP contribution in [0.2, 0.25) is 0 Å². The van der Waals surface area contributed by atoms with E-state index in [1.165, 1.54) is 5.56 Å². The van der Waals surface area contributed by atoms with Crippen molar-refractivity contribution in [3.63, 3.8) is 0 Å². The second-order valence-corrected chi connectivity index (χ2v) is 5.68. The molecule has 0 aliphatic heterocycles. The summed E-state index contributed by atoms with van der Waals surface area (Å²) in [6.07, 6.45) is 6.81. The van der Waals surface area contributed by atoms with Gasteiger partial charge in [-0.15, -0.1) is 11.8 Å². The number of ether oxygens (including phenoxy) is 1. The van der Waals surface area contributed by atoms with Gasteiger partial charge in [-0.2, -0.15) is 0 Å². The number of rotatable bonds is 9. The minimum atomic E-state index is 0.481. The van der Waals surface area contributed by atoms with Crippen LogP contribution >= 0.6 is 11.8 Å². The second-order valence-electron chi connectivity index (χ2n) is 4.88. The Morgan fingerprint density at radius 1 is 1.36 bits per heavy atom. The number of hydrogen-bond acceptors (Lipinski definition) is 4. The third-order valence-corrected chi connectivity index (χ3v) is 4.17. The number of aliphatic imine (C=N–C) groups is 1. The van der Waals surface area contributed by atoms with Crippen molar-refractivity contribution in [2.24, 2.45) is 10.7 Å². The fraction of sp³-hybridized carbons (Fsp3) is 0.389. The monoisotopic (exact) mass is 318 g/mol. The lowest BCUT2D eigenvalue weighted by molar-refractivity contribution is 0.414. The van der Waals surface area contributed by atoms with E-state index in [0.29, 0.717) is 6.54 Å². The first-order valence-corrected chi connectivity index (χ1v) is 8.65. The van der Waals surface area contributed by atoms with E-state index in [2.05, 4.69) is 23.7 Å². The molecule has 120 valence electrons. The van der Waals surface area contributed by atoms with Gasteiger partial charge in [-0.3, -0.25) is 4.99 Å². The van der Waals surface area contributed by atoms with Gasteiger partial charge in [0.1, 0.15) is 10.8 Å². The van der Waals surface area contributed by atoms with Crippen LogP contribution in [0.5, 0.6) is 5.75 Å². The lowest BCUT2D eigenvalue weighted by Crippen LogP contribution is -2.07. The van der Waals surface area contributed by atoms with Crippen molar-refractivity contribution in [1.82, 2.24) is 0 Å². The lowest BCUT2D eigenvalue weighted by Gasteiger charge is -2.12. The molecule has 0 atom stereocenters. The van der Waals surface area contributed by atoms with E-state index >= 15 is 0 Å². The van der Waals surface area contributed by atoms with Crippen molar-refractivity contribution >= 4 is 18.0 Å². The smallest absolute Gasteiger partial charge is 0.118 e. The number of methoxy groups -OCH3 is 1. The summed E-state index contributed by atoms with van der Waals surface area (Å²) in [5.41, 5.74) is 9.34. The van der Waals surface area contributed by atoms with Crippen LogP contribution in [0.4, 0.5) is 0 Å². The number of nitrogens with zero attached hydrogens (tertiary/aromatic N) is 1. The van der Waals surface area contributed by atoms with Gasteiger partial charge in [-0.25, -0.2) is 0 Å². The Balaban J connectivity index is 2.60. The first kappa shape index (κ1) is 18.5. The lowest BCUT2D eigenvalue weighted by atomic mass is 10.00. The zero-order chi connectivity index (χ0) is 16.4. The van der Waals surface area contributed by atoms with Gasteiger partial charge in [0.2, 0.25) is 0 Å². The molecule has 0 aliphatic rings. The minimum absolute atomic E-state index is 0.481. The molecule has 0 aromatic heterocycles. The van der Waals surface area contributed by atoms with Gasteiger partial charge in [0.25, 0.3) is 0 Å². The van der Waals surface area contributed by atoms with Gasteiger partial charge in [-0.05, 0) is 55.7 Å². The van der Waals surface area contributed by atoms with Crippen LogP contribution in [-0.4, -0.2) is 26.1 Å². The summed E-state index contributed by atoms with van der Waals surface area (Å²) in [5, 5.41) is 0.972. The number of hydrogen-bond donors (Lipinski definition) is 1. The molecule has 4 heteroatoms. The first-order valence-electron chi connectivity index (χ1n) is 7.43. The molecule has 0 heterocycles. The van der Waals surface area contributed by atoms with Crippen molar-refractivity contribution in [2.75, 3.05) is 19.9 Å². The fourth-order valence-corrected chi connectivity index (χ4v) is 2.89. The highest BCUT2D eigenvalue weighted by atomic mass is 32.2. The molecule has 2 N–H and O–H groups in total. The molecule has 0 unspecified atom stereocenters. The molecule has 1 rings (SSSR count). The van der Waals surface area contributed by atoms with E-state index in [0.717, 1.165) is 41.2 Å². The molecule has 0 saturated carbocycles. The van der Waals surface area contributed by atoms with Crippen LogP contribution in [-0.2, 0) is 6.42 Å². The van der Waals surface area contributed by atoms with Crippen molar-refractivity contribution in [3.05, 3.63) is 52.6 Å².